The summed E-state index contributed by atoms with van der Waals surface area (Å²) in [7, 11) is 0. The number of carbonyl (C=O) groups excluding carboxylic acids is 1. The predicted octanol–water partition coefficient (Wildman–Crippen LogP) is 1.10. The van der Waals surface area contributed by atoms with E-state index in [0.29, 0.717) is 18.7 Å². The molecular formula is C11H14N2O2. The first-order valence-electron chi connectivity index (χ1n) is 5.02. The molecule has 1 aliphatic heterocycles. The molecule has 1 fully saturated rings. The Morgan fingerprint density at radius 3 is 2.93 bits per heavy atom. The lowest BCUT2D eigenvalue weighted by Crippen LogP contribution is -2.24. The summed E-state index contributed by atoms with van der Waals surface area (Å²) < 4.78 is 0. The number of hydrogen-bond acceptors (Lipinski definition) is 3. The second-order valence-electron chi connectivity index (χ2n) is 3.80. The van der Waals surface area contributed by atoms with Gasteiger partial charge in [-0.05, 0) is 30.2 Å². The normalized spacial score (nSPS) is 16.0. The lowest BCUT2D eigenvalue weighted by Gasteiger charge is -2.16. The SMILES string of the molecule is Nc1ccc(O)cc1CN1CCCC1=O. The first kappa shape index (κ1) is 9.83. The Morgan fingerprint density at radius 2 is 2.27 bits per heavy atom. The Labute approximate surface area is 88.3 Å². The van der Waals surface area contributed by atoms with Crippen LogP contribution in [0.15, 0.2) is 18.2 Å². The van der Waals surface area contributed by atoms with Gasteiger partial charge in [0.1, 0.15) is 5.75 Å². The van der Waals surface area contributed by atoms with E-state index in [4.69, 9.17) is 5.73 Å². The third-order valence-corrected chi connectivity index (χ3v) is 2.66. The molecule has 1 aromatic carbocycles. The summed E-state index contributed by atoms with van der Waals surface area (Å²) in [5, 5.41) is 9.32. The Balaban J connectivity index is 2.16. The second kappa shape index (κ2) is 3.81. The highest BCUT2D eigenvalue weighted by atomic mass is 16.3. The zero-order valence-electron chi connectivity index (χ0n) is 8.44. The number of hydrogen-bond donors (Lipinski definition) is 2. The van der Waals surface area contributed by atoms with Crippen LogP contribution in [0.1, 0.15) is 18.4 Å². The molecule has 4 nitrogen and oxygen atoms in total. The third kappa shape index (κ3) is 2.03. The zero-order chi connectivity index (χ0) is 10.8. The van der Waals surface area contributed by atoms with E-state index < -0.39 is 0 Å². The summed E-state index contributed by atoms with van der Waals surface area (Å²) in [6.07, 6.45) is 1.54. The van der Waals surface area contributed by atoms with Crippen molar-refractivity contribution in [3.63, 3.8) is 0 Å². The van der Waals surface area contributed by atoms with Gasteiger partial charge < -0.3 is 15.7 Å². The van der Waals surface area contributed by atoms with Crippen LogP contribution in [-0.2, 0) is 11.3 Å². The summed E-state index contributed by atoms with van der Waals surface area (Å²) in [5.74, 6) is 0.351. The molecule has 1 amide bonds. The molecule has 0 bridgehead atoms. The number of phenolic OH excluding ortho intramolecular Hbond substituents is 1. The molecule has 0 saturated carbocycles. The van der Waals surface area contributed by atoms with Crippen LogP contribution in [-0.4, -0.2) is 22.5 Å². The predicted molar refractivity (Wildman–Crippen MR) is 57.2 cm³/mol. The Kier molecular flexibility index (Phi) is 2.49. The average Bonchev–Trinajstić information content (AvgIpc) is 2.58. The minimum atomic E-state index is 0.165. The molecule has 15 heavy (non-hydrogen) atoms. The fourth-order valence-corrected chi connectivity index (χ4v) is 1.81. The summed E-state index contributed by atoms with van der Waals surface area (Å²) in [5.41, 5.74) is 7.19. The summed E-state index contributed by atoms with van der Waals surface area (Å²) >= 11 is 0. The lowest BCUT2D eigenvalue weighted by molar-refractivity contribution is -0.128. The Bertz CT molecular complexity index is 390. The number of benzene rings is 1. The van der Waals surface area contributed by atoms with Crippen LogP contribution in [0, 0.1) is 0 Å². The molecule has 1 aliphatic rings. The van der Waals surface area contributed by atoms with Crippen molar-refractivity contribution in [1.82, 2.24) is 4.90 Å². The van der Waals surface area contributed by atoms with Gasteiger partial charge in [0, 0.05) is 25.2 Å². The van der Waals surface area contributed by atoms with E-state index in [1.807, 2.05) is 0 Å². The first-order valence-corrected chi connectivity index (χ1v) is 5.02. The first-order chi connectivity index (χ1) is 7.16. The van der Waals surface area contributed by atoms with Gasteiger partial charge in [0.15, 0.2) is 0 Å². The molecule has 0 unspecified atom stereocenters. The molecule has 1 aromatic rings. The molecule has 3 N–H and O–H groups in total. The standard InChI is InChI=1S/C11H14N2O2/c12-10-4-3-9(14)6-8(10)7-13-5-1-2-11(13)15/h3-4,6,14H,1-2,5,7,12H2. The van der Waals surface area contributed by atoms with E-state index in [-0.39, 0.29) is 11.7 Å². The van der Waals surface area contributed by atoms with Gasteiger partial charge >= 0.3 is 0 Å². The highest BCUT2D eigenvalue weighted by molar-refractivity contribution is 5.78. The van der Waals surface area contributed by atoms with Crippen LogP contribution in [0.4, 0.5) is 5.69 Å². The maximum atomic E-state index is 11.4. The zero-order valence-corrected chi connectivity index (χ0v) is 8.44. The van der Waals surface area contributed by atoms with Crippen molar-refractivity contribution in [1.29, 1.82) is 0 Å². The number of carbonyl (C=O) groups is 1. The topological polar surface area (TPSA) is 66.6 Å². The van der Waals surface area contributed by atoms with Gasteiger partial charge in [0.25, 0.3) is 0 Å². The van der Waals surface area contributed by atoms with Crippen LogP contribution in [0.3, 0.4) is 0 Å². The lowest BCUT2D eigenvalue weighted by atomic mass is 10.1. The number of rotatable bonds is 2. The number of amides is 1. The Hall–Kier alpha value is -1.71. The van der Waals surface area contributed by atoms with Crippen molar-refractivity contribution in [3.05, 3.63) is 23.8 Å². The maximum absolute atomic E-state index is 11.4. The Morgan fingerprint density at radius 1 is 1.47 bits per heavy atom. The molecular weight excluding hydrogens is 192 g/mol. The maximum Gasteiger partial charge on any atom is 0.222 e. The smallest absolute Gasteiger partial charge is 0.222 e. The second-order valence-corrected chi connectivity index (χ2v) is 3.80. The van der Waals surface area contributed by atoms with Gasteiger partial charge in [-0.2, -0.15) is 0 Å². The van der Waals surface area contributed by atoms with E-state index in [1.54, 1.807) is 23.1 Å². The molecule has 0 aromatic heterocycles. The van der Waals surface area contributed by atoms with Gasteiger partial charge in [-0.15, -0.1) is 0 Å². The molecule has 0 radical (unpaired) electrons. The fourth-order valence-electron chi connectivity index (χ4n) is 1.81. The van der Waals surface area contributed by atoms with Crippen LogP contribution >= 0.6 is 0 Å². The number of aromatic hydroxyl groups is 1. The number of nitrogens with zero attached hydrogens (tertiary/aromatic N) is 1. The monoisotopic (exact) mass is 206 g/mol. The van der Waals surface area contributed by atoms with Gasteiger partial charge in [0.2, 0.25) is 5.91 Å². The summed E-state index contributed by atoms with van der Waals surface area (Å²) in [6, 6.07) is 4.82. The summed E-state index contributed by atoms with van der Waals surface area (Å²) in [4.78, 5) is 13.2. The van der Waals surface area contributed by atoms with Gasteiger partial charge in [-0.3, -0.25) is 4.79 Å². The van der Waals surface area contributed by atoms with E-state index in [1.165, 1.54) is 0 Å². The van der Waals surface area contributed by atoms with Crippen LogP contribution in [0.5, 0.6) is 5.75 Å². The van der Waals surface area contributed by atoms with Crippen molar-refractivity contribution < 1.29 is 9.90 Å². The van der Waals surface area contributed by atoms with Crippen molar-refractivity contribution in [2.75, 3.05) is 12.3 Å². The molecule has 0 spiro atoms. The molecule has 4 heteroatoms. The molecule has 1 saturated heterocycles. The van der Waals surface area contributed by atoms with Crippen molar-refractivity contribution >= 4 is 11.6 Å². The van der Waals surface area contributed by atoms with Gasteiger partial charge in [-0.25, -0.2) is 0 Å². The van der Waals surface area contributed by atoms with Crippen molar-refractivity contribution in [2.24, 2.45) is 0 Å². The molecule has 1 heterocycles. The minimum absolute atomic E-state index is 0.165. The molecule has 2 rings (SSSR count). The quantitative estimate of drug-likeness (QED) is 0.562. The molecule has 0 atom stereocenters. The number of likely N-dealkylation sites (tertiary alicyclic amines) is 1. The molecule has 0 aliphatic carbocycles. The van der Waals surface area contributed by atoms with E-state index in [9.17, 15) is 9.90 Å². The molecule has 80 valence electrons. The minimum Gasteiger partial charge on any atom is -0.508 e. The number of phenols is 1. The van der Waals surface area contributed by atoms with E-state index in [0.717, 1.165) is 18.5 Å². The van der Waals surface area contributed by atoms with Gasteiger partial charge in [0.05, 0.1) is 0 Å². The van der Waals surface area contributed by atoms with Gasteiger partial charge in [-0.1, -0.05) is 0 Å². The fraction of sp³-hybridized carbons (Fsp3) is 0.364. The van der Waals surface area contributed by atoms with E-state index >= 15 is 0 Å². The average molecular weight is 206 g/mol. The van der Waals surface area contributed by atoms with Crippen LogP contribution < -0.4 is 5.73 Å². The highest BCUT2D eigenvalue weighted by Crippen LogP contribution is 2.22. The van der Waals surface area contributed by atoms with Crippen LogP contribution in [0.25, 0.3) is 0 Å². The number of anilines is 1. The third-order valence-electron chi connectivity index (χ3n) is 2.66. The van der Waals surface area contributed by atoms with Crippen molar-refractivity contribution in [2.45, 2.75) is 19.4 Å². The van der Waals surface area contributed by atoms with Crippen LogP contribution in [0.2, 0.25) is 0 Å². The number of nitrogen functional groups attached to an aromatic ring is 1. The van der Waals surface area contributed by atoms with E-state index in [2.05, 4.69) is 0 Å². The number of nitrogens with two attached hydrogens (primary N) is 1. The largest absolute Gasteiger partial charge is 0.508 e. The van der Waals surface area contributed by atoms with Crippen molar-refractivity contribution in [3.8, 4) is 5.75 Å². The highest BCUT2D eigenvalue weighted by Gasteiger charge is 2.20. The summed E-state index contributed by atoms with van der Waals surface area (Å²) in [6.45, 7) is 1.28.